The van der Waals surface area contributed by atoms with Crippen molar-refractivity contribution in [3.05, 3.63) is 0 Å². The minimum absolute atomic E-state index is 0.0439. The molecule has 0 aliphatic rings. The molecule has 0 aliphatic heterocycles. The first-order valence-electron chi connectivity index (χ1n) is 7.27. The van der Waals surface area contributed by atoms with Crippen molar-refractivity contribution in [1.82, 2.24) is 0 Å². The largest absolute Gasteiger partial charge is 0.331 e. The van der Waals surface area contributed by atoms with Gasteiger partial charge < -0.3 is 9.05 Å². The SMILES string of the molecule is CCCP(=O)(OC(C)C(C)(C)C)OC(C)C(C)(C)C. The fourth-order valence-corrected chi connectivity index (χ4v) is 3.61. The van der Waals surface area contributed by atoms with E-state index < -0.39 is 7.60 Å². The van der Waals surface area contributed by atoms with Gasteiger partial charge in [0.15, 0.2) is 0 Å². The lowest BCUT2D eigenvalue weighted by molar-refractivity contribution is 0.0386. The Kier molecular flexibility index (Phi) is 6.79. The lowest BCUT2D eigenvalue weighted by atomic mass is 9.91. The van der Waals surface area contributed by atoms with Gasteiger partial charge in [0.05, 0.1) is 12.2 Å². The van der Waals surface area contributed by atoms with Crippen molar-refractivity contribution in [1.29, 1.82) is 0 Å². The van der Waals surface area contributed by atoms with Gasteiger partial charge in [-0.2, -0.15) is 0 Å². The van der Waals surface area contributed by atoms with Crippen molar-refractivity contribution in [3.63, 3.8) is 0 Å². The molecule has 0 saturated carbocycles. The molecule has 0 aromatic carbocycles. The molecular formula is C15H33O3P. The molecule has 2 unspecified atom stereocenters. The topological polar surface area (TPSA) is 35.5 Å². The fourth-order valence-electron chi connectivity index (χ4n) is 1.20. The minimum Gasteiger partial charge on any atom is -0.305 e. The molecule has 3 nitrogen and oxygen atoms in total. The average Bonchev–Trinajstić information content (AvgIpc) is 2.13. The lowest BCUT2D eigenvalue weighted by Crippen LogP contribution is -2.29. The predicted octanol–water partition coefficient (Wildman–Crippen LogP) is 5.49. The van der Waals surface area contributed by atoms with Gasteiger partial charge in [-0.15, -0.1) is 0 Å². The standard InChI is InChI=1S/C15H33O3P/c1-10-11-19(16,17-12(2)14(4,5)6)18-13(3)15(7,8)9/h12-13H,10-11H2,1-9H3. The van der Waals surface area contributed by atoms with Crippen LogP contribution in [0.4, 0.5) is 0 Å². The Hall–Kier alpha value is 0.150. The van der Waals surface area contributed by atoms with Crippen LogP contribution >= 0.6 is 7.60 Å². The molecular weight excluding hydrogens is 259 g/mol. The second kappa shape index (κ2) is 6.74. The Labute approximate surface area is 120 Å². The van der Waals surface area contributed by atoms with Gasteiger partial charge in [0.25, 0.3) is 0 Å². The van der Waals surface area contributed by atoms with Crippen molar-refractivity contribution in [2.24, 2.45) is 10.8 Å². The molecule has 0 radical (unpaired) electrons. The lowest BCUT2D eigenvalue weighted by Gasteiger charge is -2.35. The summed E-state index contributed by atoms with van der Waals surface area (Å²) in [5.41, 5.74) is -0.0878. The van der Waals surface area contributed by atoms with E-state index in [-0.39, 0.29) is 23.0 Å². The Morgan fingerprint density at radius 3 is 1.42 bits per heavy atom. The number of hydrogen-bond acceptors (Lipinski definition) is 3. The van der Waals surface area contributed by atoms with Crippen LogP contribution in [0.3, 0.4) is 0 Å². The normalized spacial score (nSPS) is 19.8. The maximum Gasteiger partial charge on any atom is 0.331 e. The van der Waals surface area contributed by atoms with Gasteiger partial charge in [0, 0.05) is 6.16 Å². The van der Waals surface area contributed by atoms with E-state index in [1.165, 1.54) is 0 Å². The first-order chi connectivity index (χ1) is 8.32. The fraction of sp³-hybridized carbons (Fsp3) is 1.00. The molecule has 0 heterocycles. The molecule has 0 aromatic rings. The number of rotatable bonds is 6. The van der Waals surface area contributed by atoms with Crippen molar-refractivity contribution in [2.75, 3.05) is 6.16 Å². The van der Waals surface area contributed by atoms with Crippen LogP contribution < -0.4 is 0 Å². The summed E-state index contributed by atoms with van der Waals surface area (Å²) in [6.07, 6.45) is 1.08. The van der Waals surface area contributed by atoms with Crippen LogP contribution in [0.2, 0.25) is 0 Å². The summed E-state index contributed by atoms with van der Waals surface area (Å²) in [5.74, 6) is 0. The Morgan fingerprint density at radius 1 is 0.895 bits per heavy atom. The molecule has 0 aromatic heterocycles. The van der Waals surface area contributed by atoms with Gasteiger partial charge in [0.1, 0.15) is 0 Å². The van der Waals surface area contributed by atoms with Gasteiger partial charge in [-0.05, 0) is 31.1 Å². The van der Waals surface area contributed by atoms with Crippen molar-refractivity contribution in [3.8, 4) is 0 Å². The van der Waals surface area contributed by atoms with Crippen LogP contribution in [0.15, 0.2) is 0 Å². The highest BCUT2D eigenvalue weighted by molar-refractivity contribution is 7.53. The summed E-state index contributed by atoms with van der Waals surface area (Å²) < 4.78 is 24.6. The second-order valence-corrected chi connectivity index (χ2v) is 9.65. The highest BCUT2D eigenvalue weighted by atomic mass is 31.2. The van der Waals surface area contributed by atoms with Crippen molar-refractivity contribution >= 4 is 7.60 Å². The smallest absolute Gasteiger partial charge is 0.305 e. The van der Waals surface area contributed by atoms with Crippen LogP contribution in [0.1, 0.15) is 68.7 Å². The van der Waals surface area contributed by atoms with Crippen LogP contribution in [0, 0.1) is 10.8 Å². The summed E-state index contributed by atoms with van der Waals surface area (Å²) in [6, 6.07) is 0. The monoisotopic (exact) mass is 292 g/mol. The Balaban J connectivity index is 4.92. The molecule has 0 amide bonds. The average molecular weight is 292 g/mol. The summed E-state index contributed by atoms with van der Waals surface area (Å²) in [5, 5.41) is 0. The quantitative estimate of drug-likeness (QED) is 0.607. The van der Waals surface area contributed by atoms with Crippen LogP contribution in [0.25, 0.3) is 0 Å². The second-order valence-electron chi connectivity index (χ2n) is 7.56. The summed E-state index contributed by atoms with van der Waals surface area (Å²) in [6.45, 7) is 18.4. The summed E-state index contributed by atoms with van der Waals surface area (Å²) in [4.78, 5) is 0. The van der Waals surface area contributed by atoms with Gasteiger partial charge in [-0.3, -0.25) is 4.57 Å². The van der Waals surface area contributed by atoms with Crippen LogP contribution in [-0.4, -0.2) is 18.4 Å². The molecule has 0 spiro atoms. The van der Waals surface area contributed by atoms with E-state index in [2.05, 4.69) is 41.5 Å². The zero-order valence-electron chi connectivity index (χ0n) is 14.2. The van der Waals surface area contributed by atoms with E-state index >= 15 is 0 Å². The van der Waals surface area contributed by atoms with E-state index in [1.54, 1.807) is 0 Å². The van der Waals surface area contributed by atoms with Crippen molar-refractivity contribution < 1.29 is 13.6 Å². The van der Waals surface area contributed by atoms with Gasteiger partial charge in [-0.1, -0.05) is 48.5 Å². The van der Waals surface area contributed by atoms with E-state index in [0.717, 1.165) is 6.42 Å². The molecule has 0 fully saturated rings. The van der Waals surface area contributed by atoms with E-state index in [0.29, 0.717) is 6.16 Å². The highest BCUT2D eigenvalue weighted by Crippen LogP contribution is 2.54. The molecule has 19 heavy (non-hydrogen) atoms. The van der Waals surface area contributed by atoms with Crippen molar-refractivity contribution in [2.45, 2.75) is 80.9 Å². The molecule has 116 valence electrons. The maximum atomic E-state index is 12.9. The molecule has 0 rings (SSSR count). The van der Waals surface area contributed by atoms with Crippen LogP contribution in [-0.2, 0) is 13.6 Å². The maximum absolute atomic E-state index is 12.9. The summed E-state index contributed by atoms with van der Waals surface area (Å²) >= 11 is 0. The Bertz CT molecular complexity index is 286. The zero-order valence-corrected chi connectivity index (χ0v) is 15.1. The molecule has 0 saturated heterocycles. The highest BCUT2D eigenvalue weighted by Gasteiger charge is 2.35. The minimum atomic E-state index is -3.02. The first kappa shape index (κ1) is 19.1. The van der Waals surface area contributed by atoms with Crippen LogP contribution in [0.5, 0.6) is 0 Å². The number of hydrogen-bond donors (Lipinski definition) is 0. The molecule has 4 heteroatoms. The Morgan fingerprint density at radius 2 is 1.21 bits per heavy atom. The third-order valence-electron chi connectivity index (χ3n) is 3.57. The third-order valence-corrected chi connectivity index (χ3v) is 5.84. The zero-order chi connectivity index (χ0) is 15.5. The molecule has 0 N–H and O–H groups in total. The molecule has 0 bridgehead atoms. The van der Waals surface area contributed by atoms with E-state index in [1.807, 2.05) is 20.8 Å². The van der Waals surface area contributed by atoms with E-state index in [4.69, 9.17) is 9.05 Å². The third kappa shape index (κ3) is 6.92. The summed E-state index contributed by atoms with van der Waals surface area (Å²) in [7, 11) is -3.02. The van der Waals surface area contributed by atoms with Gasteiger partial charge >= 0.3 is 7.60 Å². The van der Waals surface area contributed by atoms with Gasteiger partial charge in [0.2, 0.25) is 0 Å². The first-order valence-corrected chi connectivity index (χ1v) is 9.00. The van der Waals surface area contributed by atoms with E-state index in [9.17, 15) is 4.57 Å². The van der Waals surface area contributed by atoms with Gasteiger partial charge in [-0.25, -0.2) is 0 Å². The molecule has 0 aliphatic carbocycles. The predicted molar refractivity (Wildman–Crippen MR) is 82.8 cm³/mol. The molecule has 2 atom stereocenters.